The molecule has 0 aromatic heterocycles. The number of ether oxygens (including phenoxy) is 1. The van der Waals surface area contributed by atoms with E-state index in [0.717, 1.165) is 35.9 Å². The molecule has 0 atom stereocenters. The van der Waals surface area contributed by atoms with Crippen molar-refractivity contribution in [2.75, 3.05) is 0 Å². The van der Waals surface area contributed by atoms with Crippen molar-refractivity contribution in [2.45, 2.75) is 26.9 Å². The summed E-state index contributed by atoms with van der Waals surface area (Å²) in [6, 6.07) is 14.4. The largest absolute Gasteiger partial charge is 0.432 e. The predicted octanol–water partition coefficient (Wildman–Crippen LogP) is 10.4. The Kier molecular flexibility index (Phi) is 9.83. The number of aryl methyl sites for hydroxylation is 1. The van der Waals surface area contributed by atoms with Gasteiger partial charge in [0.2, 0.25) is 0 Å². The standard InChI is InChI=1S/C40H22F8O/c1-4-5-6-7-25-8-10-26(11-9-25)12-13-27-17-35(43)32(16-23(27)2)29-20-37(45)39(38(46)21-29)40(47,48)49-30-14-15-31(36(44)22-30)28-18-33(41)24(3)34(42)19-28/h8-11,14-22H,1-3H3. The Bertz CT molecular complexity index is 2240. The molecule has 5 rings (SSSR count). The number of benzene rings is 5. The molecule has 49 heavy (non-hydrogen) atoms. The Hall–Kier alpha value is -5.98. The minimum absolute atomic E-state index is 0.207. The summed E-state index contributed by atoms with van der Waals surface area (Å²) >= 11 is 0. The average molecular weight is 671 g/mol. The average Bonchev–Trinajstić information content (AvgIpc) is 3.03. The van der Waals surface area contributed by atoms with Crippen LogP contribution in [0.15, 0.2) is 78.9 Å². The summed E-state index contributed by atoms with van der Waals surface area (Å²) in [4.78, 5) is 0. The predicted molar refractivity (Wildman–Crippen MR) is 170 cm³/mol. The summed E-state index contributed by atoms with van der Waals surface area (Å²) < 4.78 is 123. The third kappa shape index (κ3) is 7.61. The summed E-state index contributed by atoms with van der Waals surface area (Å²) in [5, 5.41) is 0. The molecule has 0 saturated heterocycles. The second-order valence-corrected chi connectivity index (χ2v) is 10.7. The molecule has 0 heterocycles. The number of alkyl halides is 2. The number of hydrogen-bond acceptors (Lipinski definition) is 1. The van der Waals surface area contributed by atoms with Gasteiger partial charge < -0.3 is 4.74 Å². The van der Waals surface area contributed by atoms with E-state index in [1.54, 1.807) is 38.1 Å². The zero-order valence-corrected chi connectivity index (χ0v) is 25.9. The lowest BCUT2D eigenvalue weighted by Crippen LogP contribution is -2.25. The summed E-state index contributed by atoms with van der Waals surface area (Å²) in [5.41, 5.74) is -1.17. The van der Waals surface area contributed by atoms with Gasteiger partial charge in [-0.05, 0) is 122 Å². The lowest BCUT2D eigenvalue weighted by molar-refractivity contribution is -0.189. The third-order valence-corrected chi connectivity index (χ3v) is 7.36. The van der Waals surface area contributed by atoms with Crippen LogP contribution in [-0.4, -0.2) is 0 Å². The maximum Gasteiger partial charge on any atom is 0.432 e. The van der Waals surface area contributed by atoms with E-state index in [0.29, 0.717) is 29.3 Å². The fraction of sp³-hybridized carbons (Fsp3) is 0.100. The van der Waals surface area contributed by atoms with Crippen molar-refractivity contribution in [3.8, 4) is 63.5 Å². The van der Waals surface area contributed by atoms with E-state index in [1.165, 1.54) is 13.0 Å². The highest BCUT2D eigenvalue weighted by atomic mass is 19.3. The molecule has 5 aromatic carbocycles. The maximum atomic E-state index is 15.2. The molecule has 0 amide bonds. The van der Waals surface area contributed by atoms with Crippen LogP contribution in [-0.2, 0) is 6.11 Å². The molecule has 244 valence electrons. The molecular weight excluding hydrogens is 648 g/mol. The van der Waals surface area contributed by atoms with Crippen LogP contribution in [0.1, 0.15) is 40.3 Å². The van der Waals surface area contributed by atoms with Gasteiger partial charge in [-0.15, -0.1) is 0 Å². The lowest BCUT2D eigenvalue weighted by atomic mass is 9.97. The van der Waals surface area contributed by atoms with Crippen LogP contribution in [0.5, 0.6) is 5.75 Å². The monoisotopic (exact) mass is 670 g/mol. The zero-order valence-electron chi connectivity index (χ0n) is 25.9. The summed E-state index contributed by atoms with van der Waals surface area (Å²) in [7, 11) is 0. The minimum Gasteiger partial charge on any atom is -0.429 e. The molecule has 0 aliphatic carbocycles. The number of rotatable bonds is 5. The zero-order chi connectivity index (χ0) is 35.5. The Morgan fingerprint density at radius 1 is 0.551 bits per heavy atom. The first-order chi connectivity index (χ1) is 23.3. The first-order valence-electron chi connectivity index (χ1n) is 14.4. The molecule has 0 radical (unpaired) electrons. The minimum atomic E-state index is -4.65. The van der Waals surface area contributed by atoms with Gasteiger partial charge in [0, 0.05) is 39.4 Å². The van der Waals surface area contributed by atoms with Crippen LogP contribution >= 0.6 is 0 Å². The number of hydrogen-bond donors (Lipinski definition) is 0. The van der Waals surface area contributed by atoms with E-state index in [9.17, 15) is 13.2 Å². The molecule has 0 fully saturated rings. The van der Waals surface area contributed by atoms with Gasteiger partial charge in [-0.25, -0.2) is 26.3 Å². The first-order valence-corrected chi connectivity index (χ1v) is 14.4. The molecular formula is C40H22F8O. The fourth-order valence-corrected chi connectivity index (χ4v) is 4.78. The Morgan fingerprint density at radius 3 is 1.69 bits per heavy atom. The van der Waals surface area contributed by atoms with Crippen molar-refractivity contribution in [1.29, 1.82) is 0 Å². The highest BCUT2D eigenvalue weighted by molar-refractivity contribution is 5.68. The van der Waals surface area contributed by atoms with Gasteiger partial charge in [-0.3, -0.25) is 0 Å². The van der Waals surface area contributed by atoms with Gasteiger partial charge in [0.1, 0.15) is 46.2 Å². The van der Waals surface area contributed by atoms with Gasteiger partial charge in [-0.2, -0.15) is 8.78 Å². The fourth-order valence-electron chi connectivity index (χ4n) is 4.78. The lowest BCUT2D eigenvalue weighted by Gasteiger charge is -2.20. The van der Waals surface area contributed by atoms with Gasteiger partial charge in [0.15, 0.2) is 0 Å². The van der Waals surface area contributed by atoms with E-state index in [1.807, 2.05) is 0 Å². The van der Waals surface area contributed by atoms with Crippen LogP contribution in [0, 0.1) is 84.3 Å². The van der Waals surface area contributed by atoms with Gasteiger partial charge in [0.05, 0.1) is 0 Å². The first kappa shape index (κ1) is 34.4. The van der Waals surface area contributed by atoms with E-state index in [-0.39, 0.29) is 33.4 Å². The molecule has 0 aliphatic heterocycles. The van der Waals surface area contributed by atoms with Crippen LogP contribution in [0.3, 0.4) is 0 Å². The van der Waals surface area contributed by atoms with Crippen molar-refractivity contribution in [2.24, 2.45) is 0 Å². The van der Waals surface area contributed by atoms with Crippen LogP contribution < -0.4 is 4.74 Å². The molecule has 0 unspecified atom stereocenters. The second-order valence-electron chi connectivity index (χ2n) is 10.7. The van der Waals surface area contributed by atoms with Crippen molar-refractivity contribution >= 4 is 0 Å². The summed E-state index contributed by atoms with van der Waals surface area (Å²) in [5.74, 6) is 8.30. The van der Waals surface area contributed by atoms with Crippen molar-refractivity contribution in [3.05, 3.63) is 147 Å². The molecule has 0 bridgehead atoms. The van der Waals surface area contributed by atoms with Gasteiger partial charge >= 0.3 is 6.11 Å². The summed E-state index contributed by atoms with van der Waals surface area (Å²) in [6.07, 6.45) is -4.65. The topological polar surface area (TPSA) is 9.23 Å². The maximum absolute atomic E-state index is 15.2. The molecule has 9 heteroatoms. The highest BCUT2D eigenvalue weighted by Crippen LogP contribution is 2.39. The van der Waals surface area contributed by atoms with E-state index in [2.05, 4.69) is 40.3 Å². The quantitative estimate of drug-likeness (QED) is 0.134. The van der Waals surface area contributed by atoms with Crippen LogP contribution in [0.25, 0.3) is 22.3 Å². The second kappa shape index (κ2) is 14.0. The van der Waals surface area contributed by atoms with Gasteiger partial charge in [0.25, 0.3) is 0 Å². The Labute approximate surface area is 277 Å². The van der Waals surface area contributed by atoms with Crippen LogP contribution in [0.4, 0.5) is 35.1 Å². The van der Waals surface area contributed by atoms with Gasteiger partial charge in [-0.1, -0.05) is 23.7 Å². The normalized spacial score (nSPS) is 10.7. The van der Waals surface area contributed by atoms with E-state index >= 15 is 22.0 Å². The molecule has 0 spiro atoms. The number of halogens is 8. The molecule has 5 aromatic rings. The van der Waals surface area contributed by atoms with Crippen LogP contribution in [0.2, 0.25) is 0 Å². The van der Waals surface area contributed by atoms with Crippen molar-refractivity contribution < 1.29 is 39.9 Å². The molecule has 0 saturated carbocycles. The van der Waals surface area contributed by atoms with Crippen molar-refractivity contribution in [1.82, 2.24) is 0 Å². The third-order valence-electron chi connectivity index (χ3n) is 7.36. The Balaban J connectivity index is 1.38. The SMILES string of the molecule is CC#CC#Cc1ccc(C#Cc2cc(F)c(-c3cc(F)c(C(F)(F)Oc4ccc(-c5cc(F)c(C)c(F)c5)c(F)c4)c(F)c3)cc2C)cc1. The van der Waals surface area contributed by atoms with E-state index < -0.39 is 52.3 Å². The molecule has 1 nitrogen and oxygen atoms in total. The Morgan fingerprint density at radius 2 is 1.10 bits per heavy atom. The smallest absolute Gasteiger partial charge is 0.429 e. The highest BCUT2D eigenvalue weighted by Gasteiger charge is 2.41. The van der Waals surface area contributed by atoms with Crippen molar-refractivity contribution in [3.63, 3.8) is 0 Å². The molecule has 0 aliphatic rings. The summed E-state index contributed by atoms with van der Waals surface area (Å²) in [6.45, 7) is 4.46. The van der Waals surface area contributed by atoms with E-state index in [4.69, 9.17) is 0 Å². The molecule has 0 N–H and O–H groups in total.